The summed E-state index contributed by atoms with van der Waals surface area (Å²) in [7, 11) is 2.23. The lowest BCUT2D eigenvalue weighted by Gasteiger charge is -2.33. The van der Waals surface area contributed by atoms with Crippen molar-refractivity contribution >= 4 is 29.4 Å². The van der Waals surface area contributed by atoms with Crippen molar-refractivity contribution in [1.82, 2.24) is 0 Å². The van der Waals surface area contributed by atoms with Gasteiger partial charge in [0.1, 0.15) is 0 Å². The zero-order valence-corrected chi connectivity index (χ0v) is 16.8. The molecule has 2 aromatic carbocycles. The Morgan fingerprint density at radius 1 is 0.900 bits per heavy atom. The summed E-state index contributed by atoms with van der Waals surface area (Å²) in [6.07, 6.45) is 0. The molecule has 8 nitrogen and oxygen atoms in total. The smallest absolute Gasteiger partial charge is 0.386 e. The van der Waals surface area contributed by atoms with Gasteiger partial charge in [-0.15, -0.1) is 0 Å². The maximum absolute atomic E-state index is 13.0. The largest absolute Gasteiger partial charge is 0.464 e. The molecular formula is C22H21NO7. The molecule has 0 atom stereocenters. The van der Waals surface area contributed by atoms with E-state index in [1.54, 1.807) is 67.6 Å². The first-order chi connectivity index (χ1) is 14.5. The minimum Gasteiger partial charge on any atom is -0.464 e. The number of nitrogens with zero attached hydrogens (tertiary/aromatic N) is 1. The van der Waals surface area contributed by atoms with Crippen LogP contribution >= 0.6 is 0 Å². The van der Waals surface area contributed by atoms with Crippen LogP contribution in [0.25, 0.3) is 5.76 Å². The summed E-state index contributed by atoms with van der Waals surface area (Å²) >= 11 is 0. The van der Waals surface area contributed by atoms with Gasteiger partial charge >= 0.3 is 23.6 Å². The summed E-state index contributed by atoms with van der Waals surface area (Å²) in [6.45, 7) is 1.73. The van der Waals surface area contributed by atoms with E-state index in [1.165, 1.54) is 0 Å². The van der Waals surface area contributed by atoms with Crippen LogP contribution in [0.3, 0.4) is 0 Å². The molecule has 30 heavy (non-hydrogen) atoms. The number of ether oxygens (including phenoxy) is 4. The molecule has 0 N–H and O–H groups in total. The van der Waals surface area contributed by atoms with Gasteiger partial charge in [0.05, 0.1) is 20.8 Å². The predicted molar refractivity (Wildman–Crippen MR) is 107 cm³/mol. The Labute approximate surface area is 173 Å². The van der Waals surface area contributed by atoms with Crippen LogP contribution in [0.2, 0.25) is 0 Å². The molecule has 0 radical (unpaired) electrons. The maximum Gasteiger partial charge on any atom is 0.386 e. The Morgan fingerprint density at radius 3 is 1.93 bits per heavy atom. The summed E-state index contributed by atoms with van der Waals surface area (Å²) in [5, 5.41) is 0. The Balaban J connectivity index is 2.35. The van der Waals surface area contributed by atoms with Crippen molar-refractivity contribution in [2.75, 3.05) is 25.7 Å². The van der Waals surface area contributed by atoms with Gasteiger partial charge in [-0.25, -0.2) is 14.4 Å². The molecular weight excluding hydrogens is 390 g/mol. The number of carbonyl (C=O) groups excluding carboxylic acids is 3. The first-order valence-corrected chi connectivity index (χ1v) is 9.19. The minimum absolute atomic E-state index is 0.00583. The summed E-state index contributed by atoms with van der Waals surface area (Å²) in [5.41, 5.74) is -1.72. The highest BCUT2D eigenvalue weighted by Gasteiger charge is 2.64. The number of rotatable bonds is 6. The van der Waals surface area contributed by atoms with Gasteiger partial charge in [0, 0.05) is 11.3 Å². The van der Waals surface area contributed by atoms with Gasteiger partial charge in [-0.1, -0.05) is 48.5 Å². The van der Waals surface area contributed by atoms with Crippen molar-refractivity contribution < 1.29 is 33.3 Å². The van der Waals surface area contributed by atoms with Crippen molar-refractivity contribution in [3.8, 4) is 0 Å². The summed E-state index contributed by atoms with van der Waals surface area (Å²) < 4.78 is 21.0. The van der Waals surface area contributed by atoms with Crippen molar-refractivity contribution in [2.45, 2.75) is 12.6 Å². The zero-order chi connectivity index (χ0) is 21.7. The topological polar surface area (TPSA) is 91.4 Å². The molecule has 1 aliphatic rings. The van der Waals surface area contributed by atoms with Crippen molar-refractivity contribution in [3.63, 3.8) is 0 Å². The number of anilines is 1. The van der Waals surface area contributed by atoms with Gasteiger partial charge in [0.25, 0.3) is 0 Å². The van der Waals surface area contributed by atoms with Crippen LogP contribution in [-0.2, 0) is 33.3 Å². The lowest BCUT2D eigenvalue weighted by molar-refractivity contribution is -0.177. The number of methoxy groups -OCH3 is 2. The molecule has 2 aromatic rings. The van der Waals surface area contributed by atoms with Gasteiger partial charge in [-0.2, -0.15) is 0 Å². The number of hydrogen-bond donors (Lipinski definition) is 0. The molecule has 8 heteroatoms. The number of esters is 3. The van der Waals surface area contributed by atoms with Crippen LogP contribution in [0.5, 0.6) is 0 Å². The number of carbonyl (C=O) groups is 3. The SMILES string of the molecule is CCOC(=O)C1=C(c2ccccc2)OC(C(=O)OC)(C(=O)OC)N1c1ccccc1. The molecule has 0 saturated heterocycles. The molecule has 0 unspecified atom stereocenters. The zero-order valence-electron chi connectivity index (χ0n) is 16.8. The number of hydrogen-bond acceptors (Lipinski definition) is 8. The van der Waals surface area contributed by atoms with Gasteiger partial charge in [0.15, 0.2) is 11.5 Å². The quantitative estimate of drug-likeness (QED) is 0.407. The highest BCUT2D eigenvalue weighted by molar-refractivity contribution is 6.14. The van der Waals surface area contributed by atoms with Crippen molar-refractivity contribution in [1.29, 1.82) is 0 Å². The predicted octanol–water partition coefficient (Wildman–Crippen LogP) is 2.50. The highest BCUT2D eigenvalue weighted by Crippen LogP contribution is 2.44. The average molecular weight is 411 g/mol. The van der Waals surface area contributed by atoms with Crippen LogP contribution in [0, 0.1) is 0 Å². The Kier molecular flexibility index (Phi) is 6.06. The molecule has 3 rings (SSSR count). The fourth-order valence-electron chi connectivity index (χ4n) is 3.18. The third-order valence-electron chi connectivity index (χ3n) is 4.45. The van der Waals surface area contributed by atoms with Crippen LogP contribution in [-0.4, -0.2) is 44.5 Å². The Bertz CT molecular complexity index is 953. The van der Waals surface area contributed by atoms with E-state index < -0.39 is 23.6 Å². The molecule has 1 heterocycles. The standard InChI is InChI=1S/C22H21NO7/c1-4-29-19(24)17-18(15-11-7-5-8-12-15)30-22(20(25)27-2,21(26)28-3)23(17)16-13-9-6-10-14-16/h5-14H,4H2,1-3H3. The summed E-state index contributed by atoms with van der Waals surface area (Å²) in [6, 6.07) is 17.0. The van der Waals surface area contributed by atoms with Gasteiger partial charge in [-0.05, 0) is 19.1 Å². The van der Waals surface area contributed by atoms with E-state index in [9.17, 15) is 14.4 Å². The Morgan fingerprint density at radius 2 is 1.43 bits per heavy atom. The van der Waals surface area contributed by atoms with Crippen LogP contribution in [0.1, 0.15) is 12.5 Å². The van der Waals surface area contributed by atoms with E-state index in [2.05, 4.69) is 0 Å². The lowest BCUT2D eigenvalue weighted by atomic mass is 10.1. The average Bonchev–Trinajstić information content (AvgIpc) is 3.16. The van der Waals surface area contributed by atoms with E-state index in [1.807, 2.05) is 0 Å². The monoisotopic (exact) mass is 411 g/mol. The first-order valence-electron chi connectivity index (χ1n) is 9.19. The second-order valence-corrected chi connectivity index (χ2v) is 6.16. The molecule has 0 bridgehead atoms. The molecule has 0 spiro atoms. The molecule has 0 aliphatic carbocycles. The molecule has 0 saturated carbocycles. The van der Waals surface area contributed by atoms with Gasteiger partial charge < -0.3 is 18.9 Å². The normalized spacial score (nSPS) is 14.7. The molecule has 0 aromatic heterocycles. The second-order valence-electron chi connectivity index (χ2n) is 6.16. The first kappa shape index (κ1) is 20.9. The molecule has 156 valence electrons. The van der Waals surface area contributed by atoms with Crippen LogP contribution in [0.4, 0.5) is 5.69 Å². The number of benzene rings is 2. The van der Waals surface area contributed by atoms with Crippen LogP contribution < -0.4 is 4.90 Å². The third-order valence-corrected chi connectivity index (χ3v) is 4.45. The second kappa shape index (κ2) is 8.69. The molecule has 0 amide bonds. The number of para-hydroxylation sites is 1. The third kappa shape index (κ3) is 3.36. The summed E-state index contributed by atoms with van der Waals surface area (Å²) in [4.78, 5) is 40.1. The molecule has 1 aliphatic heterocycles. The van der Waals surface area contributed by atoms with Gasteiger partial charge in [0.2, 0.25) is 0 Å². The summed E-state index contributed by atoms with van der Waals surface area (Å²) in [5.74, 6) is -2.87. The van der Waals surface area contributed by atoms with E-state index in [0.717, 1.165) is 19.1 Å². The van der Waals surface area contributed by atoms with E-state index in [-0.39, 0.29) is 18.1 Å². The Hall–Kier alpha value is -3.81. The fourth-order valence-corrected chi connectivity index (χ4v) is 3.18. The van der Waals surface area contributed by atoms with E-state index >= 15 is 0 Å². The van der Waals surface area contributed by atoms with Crippen molar-refractivity contribution in [2.24, 2.45) is 0 Å². The fraction of sp³-hybridized carbons (Fsp3) is 0.227. The van der Waals surface area contributed by atoms with Crippen molar-refractivity contribution in [3.05, 3.63) is 71.9 Å². The van der Waals surface area contributed by atoms with E-state index in [4.69, 9.17) is 18.9 Å². The van der Waals surface area contributed by atoms with E-state index in [0.29, 0.717) is 11.3 Å². The van der Waals surface area contributed by atoms with Crippen LogP contribution in [0.15, 0.2) is 66.4 Å². The highest BCUT2D eigenvalue weighted by atomic mass is 16.6. The maximum atomic E-state index is 13.0. The van der Waals surface area contributed by atoms with Gasteiger partial charge in [-0.3, -0.25) is 4.90 Å². The minimum atomic E-state index is -2.40. The lowest BCUT2D eigenvalue weighted by Crippen LogP contribution is -2.60. The molecule has 0 fully saturated rings.